The van der Waals surface area contributed by atoms with Gasteiger partial charge in [-0.05, 0) is 54.0 Å². The summed E-state index contributed by atoms with van der Waals surface area (Å²) < 4.78 is 10.8. The summed E-state index contributed by atoms with van der Waals surface area (Å²) >= 11 is 0. The van der Waals surface area contributed by atoms with Crippen LogP contribution in [0.3, 0.4) is 0 Å². The zero-order chi connectivity index (χ0) is 19.9. The highest BCUT2D eigenvalue weighted by Crippen LogP contribution is 2.39. The molecule has 4 heteroatoms. The molecule has 1 fully saturated rings. The van der Waals surface area contributed by atoms with E-state index >= 15 is 0 Å². The number of nitrogens with zero attached hydrogens (tertiary/aromatic N) is 1. The molecule has 3 rings (SSSR count). The lowest BCUT2D eigenvalue weighted by Gasteiger charge is -2.29. The molecule has 0 amide bonds. The molecule has 0 radical (unpaired) electrons. The number of phenols is 1. The number of phenolic OH excluding ortho intramolecular Hbond substituents is 1. The summed E-state index contributed by atoms with van der Waals surface area (Å²) in [6.07, 6.45) is 2.14. The van der Waals surface area contributed by atoms with Crippen molar-refractivity contribution in [3.05, 3.63) is 59.2 Å². The van der Waals surface area contributed by atoms with Crippen LogP contribution in [0.4, 0.5) is 0 Å². The molecule has 1 aliphatic rings. The number of benzene rings is 2. The van der Waals surface area contributed by atoms with Crippen molar-refractivity contribution in [1.29, 1.82) is 0 Å². The molecule has 0 aliphatic carbocycles. The maximum Gasteiger partial charge on any atom is 0.120 e. The Labute approximate surface area is 169 Å². The Bertz CT molecular complexity index is 738. The molecule has 0 unspecified atom stereocenters. The Kier molecular flexibility index (Phi) is 7.35. The predicted molar refractivity (Wildman–Crippen MR) is 113 cm³/mol. The fraction of sp³-hybridized carbons (Fsp3) is 0.500. The molecule has 0 aromatic heterocycles. The van der Waals surface area contributed by atoms with Crippen molar-refractivity contribution < 1.29 is 14.6 Å². The summed E-state index contributed by atoms with van der Waals surface area (Å²) in [7, 11) is 1.70. The second-order valence-corrected chi connectivity index (χ2v) is 7.58. The number of rotatable bonds is 8. The Balaban J connectivity index is 1.84. The molecule has 0 bridgehead atoms. The van der Waals surface area contributed by atoms with Crippen molar-refractivity contribution in [2.75, 3.05) is 33.4 Å². The van der Waals surface area contributed by atoms with Gasteiger partial charge in [0, 0.05) is 25.2 Å². The van der Waals surface area contributed by atoms with Crippen molar-refractivity contribution in [2.45, 2.75) is 45.1 Å². The first-order chi connectivity index (χ1) is 13.7. The van der Waals surface area contributed by atoms with Crippen LogP contribution in [0.1, 0.15) is 55.2 Å². The Morgan fingerprint density at radius 1 is 0.964 bits per heavy atom. The first kappa shape index (κ1) is 20.7. The molecule has 1 heterocycles. The average Bonchev–Trinajstić information content (AvgIpc) is 2.74. The number of hydrogen-bond acceptors (Lipinski definition) is 4. The lowest BCUT2D eigenvalue weighted by atomic mass is 9.78. The molecular formula is C24H33NO3. The topological polar surface area (TPSA) is 41.9 Å². The molecule has 152 valence electrons. The summed E-state index contributed by atoms with van der Waals surface area (Å²) in [6, 6.07) is 14.6. The fourth-order valence-electron chi connectivity index (χ4n) is 4.32. The predicted octanol–water partition coefficient (Wildman–Crippen LogP) is 4.92. The number of hydrogen-bond donors (Lipinski definition) is 1. The van der Waals surface area contributed by atoms with E-state index in [-0.39, 0.29) is 0 Å². The second-order valence-electron chi connectivity index (χ2n) is 7.58. The summed E-state index contributed by atoms with van der Waals surface area (Å²) in [5, 5.41) is 10.4. The van der Waals surface area contributed by atoms with E-state index in [2.05, 4.69) is 43.0 Å². The van der Waals surface area contributed by atoms with Gasteiger partial charge >= 0.3 is 0 Å². The number of methoxy groups -OCH3 is 1. The van der Waals surface area contributed by atoms with Crippen molar-refractivity contribution in [3.8, 4) is 11.5 Å². The van der Waals surface area contributed by atoms with Crippen molar-refractivity contribution in [1.82, 2.24) is 4.90 Å². The maximum absolute atomic E-state index is 10.4. The van der Waals surface area contributed by atoms with Gasteiger partial charge in [-0.2, -0.15) is 0 Å². The van der Waals surface area contributed by atoms with Crippen molar-refractivity contribution in [2.24, 2.45) is 0 Å². The molecule has 2 atom stereocenters. The average molecular weight is 384 g/mol. The van der Waals surface area contributed by atoms with Crippen LogP contribution < -0.4 is 4.74 Å². The standard InChI is InChI=1S/C24H33NO3/c1-4-22(18-6-9-21(27-3)10-7-18)23(5-2)19-8-11-24(26)20(16-19)17-25-12-14-28-15-13-25/h6-11,16,22-23,26H,4-5,12-15,17H2,1-3H3/t22-,23-/m0/s1. The molecule has 1 aliphatic heterocycles. The first-order valence-corrected chi connectivity index (χ1v) is 10.4. The largest absolute Gasteiger partial charge is 0.508 e. The third kappa shape index (κ3) is 4.86. The molecule has 2 aromatic carbocycles. The van der Waals surface area contributed by atoms with Crippen LogP contribution >= 0.6 is 0 Å². The van der Waals surface area contributed by atoms with Gasteiger partial charge in [0.2, 0.25) is 0 Å². The summed E-state index contributed by atoms with van der Waals surface area (Å²) in [4.78, 5) is 2.35. The maximum atomic E-state index is 10.4. The normalized spacial score (nSPS) is 17.2. The van der Waals surface area contributed by atoms with Gasteiger partial charge in [0.15, 0.2) is 0 Å². The lowest BCUT2D eigenvalue weighted by molar-refractivity contribution is 0.0339. The van der Waals surface area contributed by atoms with Crippen LogP contribution in [0.25, 0.3) is 0 Å². The van der Waals surface area contributed by atoms with E-state index in [0.29, 0.717) is 17.6 Å². The van der Waals surface area contributed by atoms with E-state index in [0.717, 1.165) is 57.0 Å². The Morgan fingerprint density at radius 3 is 2.18 bits per heavy atom. The summed E-state index contributed by atoms with van der Waals surface area (Å²) in [5.41, 5.74) is 3.67. The molecule has 1 N–H and O–H groups in total. The summed E-state index contributed by atoms with van der Waals surface area (Å²) in [5.74, 6) is 2.14. The van der Waals surface area contributed by atoms with Crippen LogP contribution in [-0.4, -0.2) is 43.4 Å². The van der Waals surface area contributed by atoms with Gasteiger partial charge < -0.3 is 14.6 Å². The van der Waals surface area contributed by atoms with Crippen LogP contribution in [0.5, 0.6) is 11.5 Å². The third-order valence-electron chi connectivity index (χ3n) is 5.94. The van der Waals surface area contributed by atoms with Crippen LogP contribution in [-0.2, 0) is 11.3 Å². The van der Waals surface area contributed by atoms with Gasteiger partial charge in [-0.1, -0.05) is 38.1 Å². The van der Waals surface area contributed by atoms with E-state index < -0.39 is 0 Å². The first-order valence-electron chi connectivity index (χ1n) is 10.4. The SMILES string of the molecule is CC[C@@H](c1ccc(OC)cc1)[C@@H](CC)c1ccc(O)c(CN2CCOCC2)c1. The Morgan fingerprint density at radius 2 is 1.57 bits per heavy atom. The number of ether oxygens (including phenoxy) is 2. The minimum atomic E-state index is 0.391. The van der Waals surface area contributed by atoms with Gasteiger partial charge in [0.1, 0.15) is 11.5 Å². The molecule has 2 aromatic rings. The smallest absolute Gasteiger partial charge is 0.120 e. The van der Waals surface area contributed by atoms with Crippen LogP contribution in [0.2, 0.25) is 0 Å². The molecular weight excluding hydrogens is 350 g/mol. The van der Waals surface area contributed by atoms with Crippen molar-refractivity contribution >= 4 is 0 Å². The van der Waals surface area contributed by atoms with Gasteiger partial charge in [-0.3, -0.25) is 4.90 Å². The summed E-state index contributed by atoms with van der Waals surface area (Å²) in [6.45, 7) is 8.67. The quantitative estimate of drug-likeness (QED) is 0.702. The van der Waals surface area contributed by atoms with Crippen LogP contribution in [0.15, 0.2) is 42.5 Å². The van der Waals surface area contributed by atoms with E-state index in [4.69, 9.17) is 9.47 Å². The highest BCUT2D eigenvalue weighted by molar-refractivity contribution is 5.40. The number of morpholine rings is 1. The molecule has 0 saturated carbocycles. The zero-order valence-electron chi connectivity index (χ0n) is 17.4. The van der Waals surface area contributed by atoms with E-state index in [9.17, 15) is 5.11 Å². The van der Waals surface area contributed by atoms with E-state index in [1.165, 1.54) is 11.1 Å². The van der Waals surface area contributed by atoms with E-state index in [1.807, 2.05) is 18.2 Å². The van der Waals surface area contributed by atoms with Gasteiger partial charge in [0.05, 0.1) is 20.3 Å². The molecule has 0 spiro atoms. The fourth-order valence-corrected chi connectivity index (χ4v) is 4.32. The minimum absolute atomic E-state index is 0.391. The molecule has 4 nitrogen and oxygen atoms in total. The monoisotopic (exact) mass is 383 g/mol. The molecule has 28 heavy (non-hydrogen) atoms. The third-order valence-corrected chi connectivity index (χ3v) is 5.94. The van der Waals surface area contributed by atoms with Gasteiger partial charge in [-0.15, -0.1) is 0 Å². The zero-order valence-corrected chi connectivity index (χ0v) is 17.4. The van der Waals surface area contributed by atoms with Crippen LogP contribution in [0, 0.1) is 0 Å². The Hall–Kier alpha value is -2.04. The number of aromatic hydroxyl groups is 1. The highest BCUT2D eigenvalue weighted by atomic mass is 16.5. The highest BCUT2D eigenvalue weighted by Gasteiger charge is 2.23. The minimum Gasteiger partial charge on any atom is -0.508 e. The molecule has 1 saturated heterocycles. The van der Waals surface area contributed by atoms with Gasteiger partial charge in [0.25, 0.3) is 0 Å². The van der Waals surface area contributed by atoms with Crippen molar-refractivity contribution in [3.63, 3.8) is 0 Å². The second kappa shape index (κ2) is 9.94. The van der Waals surface area contributed by atoms with Gasteiger partial charge in [-0.25, -0.2) is 0 Å². The van der Waals surface area contributed by atoms with E-state index in [1.54, 1.807) is 7.11 Å². The lowest BCUT2D eigenvalue weighted by Crippen LogP contribution is -2.35.